The van der Waals surface area contributed by atoms with Gasteiger partial charge in [-0.15, -0.1) is 0 Å². The number of benzene rings is 1. The van der Waals surface area contributed by atoms with Gasteiger partial charge in [0.05, 0.1) is 29.6 Å². The Morgan fingerprint density at radius 2 is 1.96 bits per heavy atom. The molecule has 0 fully saturated rings. The van der Waals surface area contributed by atoms with Crippen LogP contribution in [0.2, 0.25) is 0 Å². The molecular formula is C19H18N4+2. The van der Waals surface area contributed by atoms with Gasteiger partial charge in [-0.05, 0) is 13.0 Å². The second-order valence-electron chi connectivity index (χ2n) is 5.56. The molecule has 2 aromatic heterocycles. The lowest BCUT2D eigenvalue weighted by Crippen LogP contribution is -2.35. The van der Waals surface area contributed by atoms with Gasteiger partial charge in [-0.25, -0.2) is 0 Å². The molecule has 0 N–H and O–H groups in total. The minimum atomic E-state index is 0.639. The number of aryl methyl sites for hydroxylation is 2. The van der Waals surface area contributed by atoms with Crippen LogP contribution in [0.3, 0.4) is 0 Å². The highest BCUT2D eigenvalue weighted by Gasteiger charge is 2.22. The monoisotopic (exact) mass is 302 g/mol. The number of hydrogen-bond donors (Lipinski definition) is 0. The molecule has 0 aliphatic heterocycles. The Labute approximate surface area is 135 Å². The fourth-order valence-corrected chi connectivity index (χ4v) is 2.76. The van der Waals surface area contributed by atoms with E-state index in [1.807, 2.05) is 54.5 Å². The van der Waals surface area contributed by atoms with Crippen molar-refractivity contribution in [3.05, 3.63) is 71.9 Å². The molecule has 0 amide bonds. The molecule has 2 heterocycles. The normalized spacial score (nSPS) is 10.3. The first-order valence-electron chi connectivity index (χ1n) is 7.44. The fourth-order valence-electron chi connectivity index (χ4n) is 2.76. The summed E-state index contributed by atoms with van der Waals surface area (Å²) in [5, 5.41) is 9.43. The number of hydrogen-bond acceptors (Lipinski definition) is 2. The van der Waals surface area contributed by atoms with E-state index in [4.69, 9.17) is 0 Å². The lowest BCUT2D eigenvalue weighted by atomic mass is 10.00. The van der Waals surface area contributed by atoms with E-state index in [0.29, 0.717) is 5.56 Å². The van der Waals surface area contributed by atoms with Crippen molar-refractivity contribution in [2.24, 2.45) is 7.05 Å². The first-order valence-corrected chi connectivity index (χ1v) is 7.44. The first kappa shape index (κ1) is 14.9. The van der Waals surface area contributed by atoms with Gasteiger partial charge in [0.1, 0.15) is 7.05 Å². The van der Waals surface area contributed by atoms with Crippen molar-refractivity contribution in [2.45, 2.75) is 13.8 Å². The molecule has 0 aliphatic rings. The number of nitrogens with zero attached hydrogens (tertiary/aromatic N) is 4. The highest BCUT2D eigenvalue weighted by Crippen LogP contribution is 2.25. The maximum absolute atomic E-state index is 9.43. The second kappa shape index (κ2) is 5.98. The third-order valence-electron chi connectivity index (χ3n) is 4.06. The standard InChI is InChI=1S/C19H18N4/c1-14-6-4-5-8-23(14)18-11-16(12-20)10-17(15(18)2)19-13-21-7-9-22(19)3/h4-11,13H,1-3H3/q+2. The average molecular weight is 302 g/mol. The Balaban J connectivity index is 2.32. The van der Waals surface area contributed by atoms with Crippen molar-refractivity contribution in [2.75, 3.05) is 0 Å². The van der Waals surface area contributed by atoms with Crippen LogP contribution in [0.5, 0.6) is 0 Å². The SMILES string of the molecule is Cc1c(-c2cncc[n+]2C)cc(C#N)cc1-[n+]1ccccc1C. The summed E-state index contributed by atoms with van der Waals surface area (Å²) in [7, 11) is 1.98. The Morgan fingerprint density at radius 3 is 2.65 bits per heavy atom. The largest absolute Gasteiger partial charge is 0.252 e. The number of rotatable bonds is 2. The lowest BCUT2D eigenvalue weighted by molar-refractivity contribution is -0.661. The van der Waals surface area contributed by atoms with Crippen LogP contribution in [-0.2, 0) is 7.05 Å². The van der Waals surface area contributed by atoms with Crippen LogP contribution in [0.25, 0.3) is 16.9 Å². The first-order chi connectivity index (χ1) is 11.1. The molecule has 0 aliphatic carbocycles. The predicted molar refractivity (Wildman–Crippen MR) is 86.6 cm³/mol. The van der Waals surface area contributed by atoms with Crippen LogP contribution >= 0.6 is 0 Å². The highest BCUT2D eigenvalue weighted by molar-refractivity contribution is 5.67. The molecule has 0 spiro atoms. The molecule has 3 rings (SSSR count). The predicted octanol–water partition coefficient (Wildman–Crippen LogP) is 2.34. The van der Waals surface area contributed by atoms with Gasteiger partial charge >= 0.3 is 0 Å². The van der Waals surface area contributed by atoms with E-state index in [2.05, 4.69) is 35.5 Å². The number of aromatic nitrogens is 3. The Bertz CT molecular complexity index is 856. The van der Waals surface area contributed by atoms with Crippen LogP contribution < -0.4 is 9.13 Å². The van der Waals surface area contributed by atoms with Crippen LogP contribution in [0, 0.1) is 25.2 Å². The van der Waals surface area contributed by atoms with E-state index in [0.717, 1.165) is 28.2 Å². The summed E-state index contributed by atoms with van der Waals surface area (Å²) in [6, 6.07) is 12.2. The Kier molecular flexibility index (Phi) is 3.86. The quantitative estimate of drug-likeness (QED) is 0.682. The van der Waals surface area contributed by atoms with Gasteiger partial charge in [0.25, 0.3) is 0 Å². The molecule has 0 radical (unpaired) electrons. The third kappa shape index (κ3) is 2.69. The minimum absolute atomic E-state index is 0.639. The maximum Gasteiger partial charge on any atom is 0.231 e. The molecule has 4 heteroatoms. The van der Waals surface area contributed by atoms with Gasteiger partial charge in [-0.2, -0.15) is 14.4 Å². The molecule has 1 aromatic carbocycles. The zero-order valence-corrected chi connectivity index (χ0v) is 13.5. The summed E-state index contributed by atoms with van der Waals surface area (Å²) in [6.45, 7) is 4.14. The zero-order chi connectivity index (χ0) is 16.4. The Morgan fingerprint density at radius 1 is 1.13 bits per heavy atom. The van der Waals surface area contributed by atoms with Crippen molar-refractivity contribution in [3.63, 3.8) is 0 Å². The summed E-state index contributed by atoms with van der Waals surface area (Å²) in [5.74, 6) is 0. The molecule has 0 unspecified atom stereocenters. The van der Waals surface area contributed by atoms with Gasteiger partial charge in [0.2, 0.25) is 11.4 Å². The molecule has 0 saturated heterocycles. The van der Waals surface area contributed by atoms with Crippen LogP contribution in [-0.4, -0.2) is 4.98 Å². The smallest absolute Gasteiger partial charge is 0.231 e. The van der Waals surface area contributed by atoms with E-state index in [1.165, 1.54) is 0 Å². The molecule has 0 saturated carbocycles. The van der Waals surface area contributed by atoms with Crippen LogP contribution in [0.15, 0.2) is 55.1 Å². The lowest BCUT2D eigenvalue weighted by Gasteiger charge is -2.08. The van der Waals surface area contributed by atoms with Gasteiger partial charge in [-0.1, -0.05) is 6.07 Å². The summed E-state index contributed by atoms with van der Waals surface area (Å²) >= 11 is 0. The summed E-state index contributed by atoms with van der Waals surface area (Å²) < 4.78 is 4.12. The fraction of sp³-hybridized carbons (Fsp3) is 0.158. The van der Waals surface area contributed by atoms with E-state index < -0.39 is 0 Å². The number of nitriles is 1. The van der Waals surface area contributed by atoms with E-state index >= 15 is 0 Å². The zero-order valence-electron chi connectivity index (χ0n) is 13.5. The summed E-state index contributed by atoms with van der Waals surface area (Å²) in [6.07, 6.45) is 7.51. The highest BCUT2D eigenvalue weighted by atomic mass is 15.0. The van der Waals surface area contributed by atoms with Crippen molar-refractivity contribution >= 4 is 0 Å². The van der Waals surface area contributed by atoms with E-state index in [9.17, 15) is 5.26 Å². The van der Waals surface area contributed by atoms with Crippen LogP contribution in [0.4, 0.5) is 0 Å². The Hall–Kier alpha value is -3.06. The van der Waals surface area contributed by atoms with Crippen LogP contribution in [0.1, 0.15) is 16.8 Å². The molecule has 3 aromatic rings. The van der Waals surface area contributed by atoms with Gasteiger partial charge < -0.3 is 0 Å². The van der Waals surface area contributed by atoms with Crippen molar-refractivity contribution in [1.82, 2.24) is 4.98 Å². The summed E-state index contributed by atoms with van der Waals surface area (Å²) in [5.41, 5.74) is 5.89. The summed E-state index contributed by atoms with van der Waals surface area (Å²) in [4.78, 5) is 4.23. The van der Waals surface area contributed by atoms with E-state index in [1.54, 1.807) is 6.20 Å². The minimum Gasteiger partial charge on any atom is -0.252 e. The van der Waals surface area contributed by atoms with Gasteiger partial charge in [0.15, 0.2) is 18.1 Å². The van der Waals surface area contributed by atoms with E-state index in [-0.39, 0.29) is 0 Å². The average Bonchev–Trinajstić information content (AvgIpc) is 2.57. The third-order valence-corrected chi connectivity index (χ3v) is 4.06. The van der Waals surface area contributed by atoms with Gasteiger partial charge in [0, 0.05) is 30.7 Å². The molecule has 0 atom stereocenters. The second-order valence-corrected chi connectivity index (χ2v) is 5.56. The molecular weight excluding hydrogens is 284 g/mol. The molecule has 0 bridgehead atoms. The van der Waals surface area contributed by atoms with Gasteiger partial charge in [-0.3, -0.25) is 4.98 Å². The molecule has 112 valence electrons. The molecule has 4 nitrogen and oxygen atoms in total. The maximum atomic E-state index is 9.43. The number of pyridine rings is 1. The molecule has 23 heavy (non-hydrogen) atoms. The van der Waals surface area contributed by atoms with Crippen molar-refractivity contribution in [3.8, 4) is 23.0 Å². The van der Waals surface area contributed by atoms with Crippen molar-refractivity contribution in [1.29, 1.82) is 5.26 Å². The topological polar surface area (TPSA) is 44.4 Å². The van der Waals surface area contributed by atoms with Crippen molar-refractivity contribution < 1.29 is 9.13 Å².